The Hall–Kier alpha value is -3.20. The van der Waals surface area contributed by atoms with Gasteiger partial charge in [0.1, 0.15) is 11.6 Å². The van der Waals surface area contributed by atoms with Crippen molar-refractivity contribution in [1.82, 2.24) is 9.78 Å². The van der Waals surface area contributed by atoms with Gasteiger partial charge >= 0.3 is 0 Å². The van der Waals surface area contributed by atoms with Crippen molar-refractivity contribution in [2.45, 2.75) is 12.2 Å². The Bertz CT molecular complexity index is 1090. The van der Waals surface area contributed by atoms with Crippen molar-refractivity contribution in [3.05, 3.63) is 59.0 Å². The van der Waals surface area contributed by atoms with Crippen molar-refractivity contribution in [1.29, 1.82) is 0 Å². The second kappa shape index (κ2) is 7.91. The van der Waals surface area contributed by atoms with Crippen LogP contribution < -0.4 is 14.8 Å². The molecule has 2 aromatic carbocycles. The summed E-state index contributed by atoms with van der Waals surface area (Å²) in [6.45, 7) is 1.86. The predicted molar refractivity (Wildman–Crippen MR) is 112 cm³/mol. The van der Waals surface area contributed by atoms with Crippen molar-refractivity contribution in [3.63, 3.8) is 0 Å². The maximum absolute atomic E-state index is 13.4. The highest BCUT2D eigenvalue weighted by atomic mass is 32.2. The normalized spacial score (nSPS) is 15.9. The van der Waals surface area contributed by atoms with E-state index >= 15 is 0 Å². The number of anilines is 1. The molecular formula is C21H20FN3O4S. The van der Waals surface area contributed by atoms with Gasteiger partial charge in [-0.3, -0.25) is 4.79 Å². The molecule has 0 bridgehead atoms. The topological polar surface area (TPSA) is 85.6 Å². The fourth-order valence-corrected chi connectivity index (χ4v) is 4.65. The van der Waals surface area contributed by atoms with E-state index in [-0.39, 0.29) is 40.0 Å². The number of hydrogen-bond acceptors (Lipinski definition) is 6. The summed E-state index contributed by atoms with van der Waals surface area (Å²) in [4.78, 5) is 12.4. The van der Waals surface area contributed by atoms with Crippen LogP contribution in [0.1, 0.15) is 22.1 Å². The molecule has 0 aliphatic carbocycles. The Morgan fingerprint density at radius 3 is 2.43 bits per heavy atom. The minimum absolute atomic E-state index is 0.0875. The molecule has 156 valence electrons. The van der Waals surface area contributed by atoms with Gasteiger partial charge in [0.2, 0.25) is 11.7 Å². The van der Waals surface area contributed by atoms with E-state index < -0.39 is 0 Å². The van der Waals surface area contributed by atoms with Crippen molar-refractivity contribution < 1.29 is 23.8 Å². The van der Waals surface area contributed by atoms with Crippen LogP contribution in [-0.4, -0.2) is 40.8 Å². The molecule has 1 atom stereocenters. The van der Waals surface area contributed by atoms with Crippen molar-refractivity contribution >= 4 is 23.5 Å². The first kappa shape index (κ1) is 20.1. The lowest BCUT2D eigenvalue weighted by molar-refractivity contribution is -0.113. The molecule has 9 heteroatoms. The summed E-state index contributed by atoms with van der Waals surface area (Å²) in [5, 5.41) is 17.5. The van der Waals surface area contributed by atoms with Crippen LogP contribution in [0.5, 0.6) is 17.2 Å². The highest BCUT2D eigenvalue weighted by Gasteiger charge is 2.31. The molecule has 1 aromatic heterocycles. The third kappa shape index (κ3) is 3.45. The number of ether oxygens (including phenoxy) is 2. The third-order valence-corrected chi connectivity index (χ3v) is 6.15. The van der Waals surface area contributed by atoms with Crippen LogP contribution in [0.4, 0.5) is 10.2 Å². The Balaban J connectivity index is 1.90. The number of nitrogens with zero attached hydrogens (tertiary/aromatic N) is 2. The quantitative estimate of drug-likeness (QED) is 0.656. The van der Waals surface area contributed by atoms with Gasteiger partial charge in [-0.15, -0.1) is 11.8 Å². The Morgan fingerprint density at radius 1 is 1.20 bits per heavy atom. The first-order valence-electron chi connectivity index (χ1n) is 9.14. The van der Waals surface area contributed by atoms with Gasteiger partial charge in [-0.1, -0.05) is 0 Å². The SMILES string of the molecule is COc1cc([C@H]2SCC(=O)Nc3c2c(C)nn3-c2ccc(F)cc2)cc(OC)c1O. The van der Waals surface area contributed by atoms with Gasteiger partial charge in [-0.2, -0.15) is 5.10 Å². The number of amides is 1. The van der Waals surface area contributed by atoms with Crippen LogP contribution in [-0.2, 0) is 4.79 Å². The summed E-state index contributed by atoms with van der Waals surface area (Å²) in [6.07, 6.45) is 0. The largest absolute Gasteiger partial charge is 0.502 e. The van der Waals surface area contributed by atoms with Gasteiger partial charge in [0, 0.05) is 5.56 Å². The van der Waals surface area contributed by atoms with Crippen LogP contribution in [0.3, 0.4) is 0 Å². The minimum Gasteiger partial charge on any atom is -0.502 e. The number of rotatable bonds is 4. The van der Waals surface area contributed by atoms with Gasteiger partial charge in [-0.25, -0.2) is 9.07 Å². The van der Waals surface area contributed by atoms with Gasteiger partial charge in [0.15, 0.2) is 11.5 Å². The fraction of sp³-hybridized carbons (Fsp3) is 0.238. The maximum atomic E-state index is 13.4. The molecule has 30 heavy (non-hydrogen) atoms. The van der Waals surface area contributed by atoms with E-state index in [9.17, 15) is 14.3 Å². The van der Waals surface area contributed by atoms with Crippen LogP contribution in [0, 0.1) is 12.7 Å². The van der Waals surface area contributed by atoms with Gasteiger partial charge in [-0.05, 0) is 48.9 Å². The molecule has 0 saturated carbocycles. The summed E-state index contributed by atoms with van der Waals surface area (Å²) < 4.78 is 25.6. The highest BCUT2D eigenvalue weighted by molar-refractivity contribution is 8.00. The number of fused-ring (bicyclic) bond motifs is 1. The zero-order valence-corrected chi connectivity index (χ0v) is 17.4. The first-order valence-corrected chi connectivity index (χ1v) is 10.2. The molecule has 0 radical (unpaired) electrons. The number of halogens is 1. The average molecular weight is 429 g/mol. The molecular weight excluding hydrogens is 409 g/mol. The molecule has 0 saturated heterocycles. The van der Waals surface area contributed by atoms with Crippen LogP contribution in [0.2, 0.25) is 0 Å². The van der Waals surface area contributed by atoms with Gasteiger partial charge < -0.3 is 19.9 Å². The standard InChI is InChI=1S/C21H20FN3O4S/c1-11-18-20(12-8-15(28-2)19(27)16(9-12)29-3)30-10-17(26)23-21(18)25(24-11)14-6-4-13(22)5-7-14/h4-9,20,27H,10H2,1-3H3,(H,23,26)/t20-/m1/s1. The summed E-state index contributed by atoms with van der Waals surface area (Å²) in [5.74, 6) is 0.713. The van der Waals surface area contributed by atoms with E-state index in [4.69, 9.17) is 9.47 Å². The van der Waals surface area contributed by atoms with Gasteiger partial charge in [0.05, 0.1) is 36.6 Å². The van der Waals surface area contributed by atoms with Crippen LogP contribution in [0.15, 0.2) is 36.4 Å². The molecule has 1 amide bonds. The summed E-state index contributed by atoms with van der Waals surface area (Å²) in [6, 6.07) is 9.35. The molecule has 0 fully saturated rings. The smallest absolute Gasteiger partial charge is 0.235 e. The fourth-order valence-electron chi connectivity index (χ4n) is 3.48. The number of nitrogens with one attached hydrogen (secondary N) is 1. The number of methoxy groups -OCH3 is 2. The zero-order chi connectivity index (χ0) is 21.4. The van der Waals surface area contributed by atoms with Crippen LogP contribution in [0.25, 0.3) is 5.69 Å². The first-order chi connectivity index (χ1) is 14.4. The molecule has 7 nitrogen and oxygen atoms in total. The molecule has 3 aromatic rings. The molecule has 0 spiro atoms. The highest BCUT2D eigenvalue weighted by Crippen LogP contribution is 2.47. The lowest BCUT2D eigenvalue weighted by Crippen LogP contribution is -2.15. The number of carbonyl (C=O) groups excluding carboxylic acids is 1. The van der Waals surface area contributed by atoms with Crippen molar-refractivity contribution in [2.24, 2.45) is 0 Å². The molecule has 1 aliphatic rings. The lowest BCUT2D eigenvalue weighted by atomic mass is 10.0. The van der Waals surface area contributed by atoms with E-state index in [2.05, 4.69) is 10.4 Å². The van der Waals surface area contributed by atoms with Crippen molar-refractivity contribution in [3.8, 4) is 22.9 Å². The number of carbonyl (C=O) groups is 1. The molecule has 2 N–H and O–H groups in total. The van der Waals surface area contributed by atoms with E-state index in [0.717, 1.165) is 16.8 Å². The zero-order valence-electron chi connectivity index (χ0n) is 16.6. The van der Waals surface area contributed by atoms with E-state index in [0.29, 0.717) is 11.5 Å². The number of aromatic nitrogens is 2. The second-order valence-electron chi connectivity index (χ2n) is 6.75. The molecule has 2 heterocycles. The number of aryl methyl sites for hydroxylation is 1. The maximum Gasteiger partial charge on any atom is 0.235 e. The van der Waals surface area contributed by atoms with E-state index in [1.54, 1.807) is 28.9 Å². The number of benzene rings is 2. The van der Waals surface area contributed by atoms with Gasteiger partial charge in [0.25, 0.3) is 0 Å². The third-order valence-electron chi connectivity index (χ3n) is 4.88. The second-order valence-corrected chi connectivity index (χ2v) is 7.84. The Kier molecular flexibility index (Phi) is 5.29. The monoisotopic (exact) mass is 429 g/mol. The molecule has 1 aliphatic heterocycles. The van der Waals surface area contributed by atoms with Crippen LogP contribution >= 0.6 is 11.8 Å². The summed E-state index contributed by atoms with van der Waals surface area (Å²) in [7, 11) is 2.93. The number of aromatic hydroxyl groups is 1. The average Bonchev–Trinajstić information content (AvgIpc) is 2.94. The molecule has 0 unspecified atom stereocenters. The lowest BCUT2D eigenvalue weighted by Gasteiger charge is -2.18. The Labute approximate surface area is 176 Å². The number of hydrogen-bond donors (Lipinski definition) is 2. The predicted octanol–water partition coefficient (Wildman–Crippen LogP) is 3.82. The number of phenols is 1. The van der Waals surface area contributed by atoms with Crippen molar-refractivity contribution in [2.75, 3.05) is 25.3 Å². The van der Waals surface area contributed by atoms with E-state index in [1.807, 2.05) is 6.92 Å². The van der Waals surface area contributed by atoms with E-state index in [1.165, 1.54) is 38.1 Å². The molecule has 4 rings (SSSR count). The summed E-state index contributed by atoms with van der Waals surface area (Å²) in [5.41, 5.74) is 2.98. The summed E-state index contributed by atoms with van der Waals surface area (Å²) >= 11 is 1.44. The minimum atomic E-state index is -0.352. The Morgan fingerprint density at radius 2 is 1.83 bits per heavy atom. The number of thioether (sulfide) groups is 1. The number of phenolic OH excluding ortho intramolecular Hbond substituents is 1.